The summed E-state index contributed by atoms with van der Waals surface area (Å²) in [5.41, 5.74) is 2.37. The van der Waals surface area contributed by atoms with Gasteiger partial charge in [0.1, 0.15) is 0 Å². The second kappa shape index (κ2) is 6.53. The Bertz CT molecular complexity index is 726. The van der Waals surface area contributed by atoms with Gasteiger partial charge in [0.25, 0.3) is 5.56 Å². The number of aryl methyl sites for hydroxylation is 3. The van der Waals surface area contributed by atoms with E-state index in [4.69, 9.17) is 0 Å². The van der Waals surface area contributed by atoms with Crippen LogP contribution >= 0.6 is 0 Å². The minimum Gasteiger partial charge on any atom is -0.312 e. The molecule has 0 aliphatic rings. The third-order valence-corrected chi connectivity index (χ3v) is 3.57. The Kier molecular flexibility index (Phi) is 4.74. The van der Waals surface area contributed by atoms with Crippen LogP contribution in [-0.2, 0) is 27.1 Å². The number of aromatic nitrogens is 4. The topological polar surface area (TPSA) is 84.7 Å². The molecule has 0 saturated heterocycles. The maximum absolute atomic E-state index is 11.9. The molecule has 7 nitrogen and oxygen atoms in total. The van der Waals surface area contributed by atoms with Crippen molar-refractivity contribution in [3.8, 4) is 0 Å². The molecule has 0 bridgehead atoms. The molecule has 0 amide bonds. The molecule has 2 rings (SSSR count). The maximum Gasteiger partial charge on any atom is 0.330 e. The third kappa shape index (κ3) is 3.49. The van der Waals surface area contributed by atoms with Gasteiger partial charge in [-0.2, -0.15) is 5.10 Å². The predicted octanol–water partition coefficient (Wildman–Crippen LogP) is -0.162. The quantitative estimate of drug-likeness (QED) is 0.724. The van der Waals surface area contributed by atoms with E-state index in [1.54, 1.807) is 13.2 Å². The van der Waals surface area contributed by atoms with Crippen molar-refractivity contribution >= 4 is 0 Å². The third-order valence-electron chi connectivity index (χ3n) is 3.57. The highest BCUT2D eigenvalue weighted by atomic mass is 16.2. The van der Waals surface area contributed by atoms with Crippen molar-refractivity contribution in [1.82, 2.24) is 24.6 Å². The first-order chi connectivity index (χ1) is 10.0. The first-order valence-electron chi connectivity index (χ1n) is 6.96. The lowest BCUT2D eigenvalue weighted by atomic mass is 10.1. The molecule has 114 valence electrons. The molecule has 0 aliphatic heterocycles. The van der Waals surface area contributed by atoms with Crippen LogP contribution in [0.2, 0.25) is 0 Å². The standard InChI is InChI=1S/C14H21N5O2/c1-10-11(8-16-17-10)5-4-6-15-7-12-9-18(2)14(21)19(3)13(12)20/h8-9,15H,4-7H2,1-3H3,(H,16,17). The second-order valence-electron chi connectivity index (χ2n) is 5.21. The van der Waals surface area contributed by atoms with Crippen LogP contribution in [0.1, 0.15) is 23.2 Å². The number of hydrogen-bond donors (Lipinski definition) is 2. The van der Waals surface area contributed by atoms with Crippen LogP contribution < -0.4 is 16.6 Å². The molecule has 0 aliphatic carbocycles. The van der Waals surface area contributed by atoms with Gasteiger partial charge in [0, 0.05) is 38.1 Å². The summed E-state index contributed by atoms with van der Waals surface area (Å²) in [5.74, 6) is 0. The van der Waals surface area contributed by atoms with Gasteiger partial charge in [0.2, 0.25) is 0 Å². The van der Waals surface area contributed by atoms with Gasteiger partial charge in [0.15, 0.2) is 0 Å². The Labute approximate surface area is 122 Å². The molecule has 0 atom stereocenters. The Morgan fingerprint density at radius 3 is 2.71 bits per heavy atom. The van der Waals surface area contributed by atoms with E-state index in [2.05, 4.69) is 15.5 Å². The van der Waals surface area contributed by atoms with E-state index in [0.717, 1.165) is 29.6 Å². The minimum atomic E-state index is -0.306. The van der Waals surface area contributed by atoms with Crippen molar-refractivity contribution in [1.29, 1.82) is 0 Å². The average Bonchev–Trinajstić information content (AvgIpc) is 2.87. The van der Waals surface area contributed by atoms with Crippen LogP contribution in [-0.4, -0.2) is 25.9 Å². The van der Waals surface area contributed by atoms with Crippen LogP contribution in [0, 0.1) is 6.92 Å². The average molecular weight is 291 g/mol. The molecule has 2 aromatic rings. The molecule has 0 fully saturated rings. The van der Waals surface area contributed by atoms with E-state index in [-0.39, 0.29) is 11.2 Å². The summed E-state index contributed by atoms with van der Waals surface area (Å²) in [6.07, 6.45) is 5.35. The number of hydrogen-bond acceptors (Lipinski definition) is 4. The molecule has 0 aromatic carbocycles. The van der Waals surface area contributed by atoms with Crippen LogP contribution in [0.3, 0.4) is 0 Å². The molecule has 0 unspecified atom stereocenters. The molecule has 0 saturated carbocycles. The highest BCUT2D eigenvalue weighted by Crippen LogP contribution is 2.05. The highest BCUT2D eigenvalue weighted by Gasteiger charge is 2.06. The summed E-state index contributed by atoms with van der Waals surface area (Å²) in [7, 11) is 3.14. The van der Waals surface area contributed by atoms with E-state index in [9.17, 15) is 9.59 Å². The summed E-state index contributed by atoms with van der Waals surface area (Å²) in [4.78, 5) is 23.5. The van der Waals surface area contributed by atoms with Crippen LogP contribution in [0.15, 0.2) is 22.0 Å². The zero-order valence-corrected chi connectivity index (χ0v) is 12.6. The zero-order valence-electron chi connectivity index (χ0n) is 12.6. The fourth-order valence-electron chi connectivity index (χ4n) is 2.26. The molecule has 2 heterocycles. The number of nitrogens with one attached hydrogen (secondary N) is 2. The smallest absolute Gasteiger partial charge is 0.312 e. The van der Waals surface area contributed by atoms with Gasteiger partial charge in [0.05, 0.1) is 6.20 Å². The molecule has 2 N–H and O–H groups in total. The van der Waals surface area contributed by atoms with E-state index in [0.29, 0.717) is 12.1 Å². The lowest BCUT2D eigenvalue weighted by Crippen LogP contribution is -2.39. The van der Waals surface area contributed by atoms with Crippen molar-refractivity contribution in [3.05, 3.63) is 50.1 Å². The fraction of sp³-hybridized carbons (Fsp3) is 0.500. The Morgan fingerprint density at radius 1 is 1.29 bits per heavy atom. The SMILES string of the molecule is Cc1[nH]ncc1CCCNCc1cn(C)c(=O)n(C)c1=O. The minimum absolute atomic E-state index is 0.240. The number of H-pyrrole nitrogens is 1. The highest BCUT2D eigenvalue weighted by molar-refractivity contribution is 5.14. The van der Waals surface area contributed by atoms with Gasteiger partial charge in [-0.25, -0.2) is 4.79 Å². The van der Waals surface area contributed by atoms with Crippen LogP contribution in [0.25, 0.3) is 0 Å². The summed E-state index contributed by atoms with van der Waals surface area (Å²) in [5, 5.41) is 10.1. The van der Waals surface area contributed by atoms with Gasteiger partial charge < -0.3 is 9.88 Å². The summed E-state index contributed by atoms with van der Waals surface area (Å²) >= 11 is 0. The largest absolute Gasteiger partial charge is 0.330 e. The lowest BCUT2D eigenvalue weighted by molar-refractivity contribution is 0.614. The monoisotopic (exact) mass is 291 g/mol. The normalized spacial score (nSPS) is 11.0. The molecular formula is C14H21N5O2. The Balaban J connectivity index is 1.86. The van der Waals surface area contributed by atoms with Gasteiger partial charge in [-0.1, -0.05) is 0 Å². The summed E-state index contributed by atoms with van der Waals surface area (Å²) in [6.45, 7) is 3.27. The second-order valence-corrected chi connectivity index (χ2v) is 5.21. The summed E-state index contributed by atoms with van der Waals surface area (Å²) in [6, 6.07) is 0. The van der Waals surface area contributed by atoms with Crippen LogP contribution in [0.4, 0.5) is 0 Å². The number of rotatable bonds is 6. The Morgan fingerprint density at radius 2 is 2.05 bits per heavy atom. The van der Waals surface area contributed by atoms with Crippen molar-refractivity contribution in [2.75, 3.05) is 6.54 Å². The van der Waals surface area contributed by atoms with E-state index in [1.165, 1.54) is 17.2 Å². The van der Waals surface area contributed by atoms with Gasteiger partial charge in [-0.15, -0.1) is 0 Å². The lowest BCUT2D eigenvalue weighted by Gasteiger charge is -2.08. The molecule has 2 aromatic heterocycles. The van der Waals surface area contributed by atoms with Gasteiger partial charge in [-0.3, -0.25) is 14.5 Å². The predicted molar refractivity (Wildman–Crippen MR) is 80.3 cm³/mol. The number of aromatic amines is 1. The Hall–Kier alpha value is -2.15. The maximum atomic E-state index is 11.9. The number of nitrogens with zero attached hydrogens (tertiary/aromatic N) is 3. The van der Waals surface area contributed by atoms with Crippen molar-refractivity contribution in [2.45, 2.75) is 26.3 Å². The molecular weight excluding hydrogens is 270 g/mol. The molecule has 7 heteroatoms. The van der Waals surface area contributed by atoms with Crippen molar-refractivity contribution in [3.63, 3.8) is 0 Å². The van der Waals surface area contributed by atoms with E-state index < -0.39 is 0 Å². The van der Waals surface area contributed by atoms with Crippen LogP contribution in [0.5, 0.6) is 0 Å². The van der Waals surface area contributed by atoms with Gasteiger partial charge >= 0.3 is 5.69 Å². The fourth-order valence-corrected chi connectivity index (χ4v) is 2.26. The summed E-state index contributed by atoms with van der Waals surface area (Å²) < 4.78 is 2.55. The van der Waals surface area contributed by atoms with E-state index >= 15 is 0 Å². The first kappa shape index (κ1) is 15.2. The molecule has 0 spiro atoms. The first-order valence-corrected chi connectivity index (χ1v) is 6.96. The van der Waals surface area contributed by atoms with Gasteiger partial charge in [-0.05, 0) is 31.9 Å². The zero-order chi connectivity index (χ0) is 15.4. The van der Waals surface area contributed by atoms with Crippen molar-refractivity contribution in [2.24, 2.45) is 14.1 Å². The molecule has 0 radical (unpaired) electrons. The molecule has 21 heavy (non-hydrogen) atoms. The van der Waals surface area contributed by atoms with E-state index in [1.807, 2.05) is 13.1 Å². The van der Waals surface area contributed by atoms with Crippen molar-refractivity contribution < 1.29 is 0 Å².